The van der Waals surface area contributed by atoms with Gasteiger partial charge in [-0.15, -0.1) is 12.4 Å². The van der Waals surface area contributed by atoms with Gasteiger partial charge in [0.15, 0.2) is 0 Å². The molecule has 1 heterocycles. The molecule has 2 fully saturated rings. The van der Waals surface area contributed by atoms with Crippen LogP contribution in [-0.2, 0) is 19.1 Å². The number of rotatable bonds is 9. The van der Waals surface area contributed by atoms with Gasteiger partial charge in [0.2, 0.25) is 11.8 Å². The molecular formula is C21H40ClN3O4. The second-order valence-corrected chi connectivity index (χ2v) is 8.97. The number of amides is 2. The lowest BCUT2D eigenvalue weighted by atomic mass is 9.54. The maximum Gasteiger partial charge on any atom is 0.243 e. The van der Waals surface area contributed by atoms with Gasteiger partial charge in [-0.3, -0.25) is 9.59 Å². The lowest BCUT2D eigenvalue weighted by molar-refractivity contribution is -0.180. The van der Waals surface area contributed by atoms with Gasteiger partial charge in [0.05, 0.1) is 12.2 Å². The zero-order valence-electron chi connectivity index (χ0n) is 18.7. The second-order valence-electron chi connectivity index (χ2n) is 8.97. The fourth-order valence-electron chi connectivity index (χ4n) is 4.17. The molecule has 0 radical (unpaired) electrons. The van der Waals surface area contributed by atoms with E-state index in [2.05, 4.69) is 5.32 Å². The van der Waals surface area contributed by atoms with Crippen molar-refractivity contribution in [3.63, 3.8) is 0 Å². The van der Waals surface area contributed by atoms with Crippen LogP contribution in [0.2, 0.25) is 0 Å². The quantitative estimate of drug-likeness (QED) is 0.543. The summed E-state index contributed by atoms with van der Waals surface area (Å²) < 4.78 is 11.2. The van der Waals surface area contributed by atoms with Crippen molar-refractivity contribution in [3.05, 3.63) is 0 Å². The largest absolute Gasteiger partial charge is 0.379 e. The Bertz CT molecular complexity index is 550. The highest BCUT2D eigenvalue weighted by Crippen LogP contribution is 2.50. The van der Waals surface area contributed by atoms with Crippen LogP contribution in [0.3, 0.4) is 0 Å². The monoisotopic (exact) mass is 433 g/mol. The first-order valence-electron chi connectivity index (χ1n) is 10.7. The van der Waals surface area contributed by atoms with Crippen molar-refractivity contribution in [2.45, 2.75) is 78.0 Å². The van der Waals surface area contributed by atoms with Crippen LogP contribution in [0.4, 0.5) is 0 Å². The van der Waals surface area contributed by atoms with Crippen LogP contribution in [0.1, 0.15) is 60.3 Å². The average Bonchev–Trinajstić information content (AvgIpc) is 2.66. The summed E-state index contributed by atoms with van der Waals surface area (Å²) in [4.78, 5) is 27.3. The minimum atomic E-state index is -0.877. The molecule has 1 aliphatic carbocycles. The number of halogens is 1. The SMILES string of the molecule is CCOC1CC(N)(C(=O)N2CCC(C(=O)NCCCOC(C)C)CC2)C1(C)C.Cl. The van der Waals surface area contributed by atoms with Gasteiger partial charge in [-0.25, -0.2) is 0 Å². The summed E-state index contributed by atoms with van der Waals surface area (Å²) in [5, 5.41) is 2.99. The van der Waals surface area contributed by atoms with E-state index >= 15 is 0 Å². The van der Waals surface area contributed by atoms with E-state index in [9.17, 15) is 9.59 Å². The molecule has 3 N–H and O–H groups in total. The molecule has 2 unspecified atom stereocenters. The van der Waals surface area contributed by atoms with Crippen molar-refractivity contribution in [2.75, 3.05) is 32.8 Å². The Morgan fingerprint density at radius 2 is 1.86 bits per heavy atom. The molecule has 2 atom stereocenters. The molecule has 29 heavy (non-hydrogen) atoms. The van der Waals surface area contributed by atoms with E-state index in [1.54, 1.807) is 0 Å². The Kier molecular flexibility index (Phi) is 9.86. The highest BCUT2D eigenvalue weighted by Gasteiger charge is 2.63. The Hall–Kier alpha value is -0.890. The van der Waals surface area contributed by atoms with Gasteiger partial charge in [-0.2, -0.15) is 0 Å². The Morgan fingerprint density at radius 3 is 2.38 bits per heavy atom. The molecule has 2 aliphatic rings. The molecule has 1 saturated heterocycles. The summed E-state index contributed by atoms with van der Waals surface area (Å²) in [5.74, 6) is 0.0482. The smallest absolute Gasteiger partial charge is 0.243 e. The lowest BCUT2D eigenvalue weighted by Crippen LogP contribution is -2.76. The number of nitrogens with two attached hydrogens (primary N) is 1. The summed E-state index contributed by atoms with van der Waals surface area (Å²) in [6.45, 7) is 13.1. The molecule has 0 spiro atoms. The molecule has 0 aromatic heterocycles. The van der Waals surface area contributed by atoms with Gasteiger partial charge in [-0.1, -0.05) is 13.8 Å². The molecule has 7 nitrogen and oxygen atoms in total. The van der Waals surface area contributed by atoms with E-state index in [-0.39, 0.29) is 47.8 Å². The van der Waals surface area contributed by atoms with Crippen molar-refractivity contribution in [1.82, 2.24) is 10.2 Å². The maximum atomic E-state index is 13.1. The zero-order valence-corrected chi connectivity index (χ0v) is 19.5. The molecule has 8 heteroatoms. The Morgan fingerprint density at radius 1 is 1.24 bits per heavy atom. The van der Waals surface area contributed by atoms with Crippen LogP contribution in [0.15, 0.2) is 0 Å². The predicted molar refractivity (Wildman–Crippen MR) is 116 cm³/mol. The number of nitrogens with zero attached hydrogens (tertiary/aromatic N) is 1. The van der Waals surface area contributed by atoms with E-state index in [4.69, 9.17) is 15.2 Å². The normalized spacial score (nSPS) is 26.6. The third kappa shape index (κ3) is 5.84. The minimum absolute atomic E-state index is 0. The first kappa shape index (κ1) is 26.1. The van der Waals surface area contributed by atoms with Gasteiger partial charge in [0.25, 0.3) is 0 Å². The number of piperidine rings is 1. The highest BCUT2D eigenvalue weighted by atomic mass is 35.5. The topological polar surface area (TPSA) is 93.9 Å². The van der Waals surface area contributed by atoms with Crippen molar-refractivity contribution < 1.29 is 19.1 Å². The molecule has 1 aliphatic heterocycles. The van der Waals surface area contributed by atoms with Crippen molar-refractivity contribution >= 4 is 24.2 Å². The fraction of sp³-hybridized carbons (Fsp3) is 0.905. The standard InChI is InChI=1S/C21H39N3O4.ClH/c1-6-27-17-14-21(22,20(17,4)5)19(26)24-11-8-16(9-12-24)18(25)23-10-7-13-28-15(2)3;/h15-17H,6-14,22H2,1-5H3,(H,23,25);1H. The van der Waals surface area contributed by atoms with E-state index in [0.717, 1.165) is 6.42 Å². The van der Waals surface area contributed by atoms with E-state index in [0.29, 0.717) is 52.1 Å². The van der Waals surface area contributed by atoms with Crippen LogP contribution in [-0.4, -0.2) is 67.3 Å². The van der Waals surface area contributed by atoms with E-state index in [1.165, 1.54) is 0 Å². The summed E-state index contributed by atoms with van der Waals surface area (Å²) in [5.41, 5.74) is 5.26. The van der Waals surface area contributed by atoms with E-state index in [1.807, 2.05) is 39.5 Å². The molecular weight excluding hydrogens is 394 g/mol. The van der Waals surface area contributed by atoms with Crippen LogP contribution in [0, 0.1) is 11.3 Å². The summed E-state index contributed by atoms with van der Waals surface area (Å²) in [6.07, 6.45) is 2.98. The molecule has 2 amide bonds. The van der Waals surface area contributed by atoms with Gasteiger partial charge in [-0.05, 0) is 40.0 Å². The lowest BCUT2D eigenvalue weighted by Gasteiger charge is -2.59. The zero-order chi connectivity index (χ0) is 20.9. The van der Waals surface area contributed by atoms with Gasteiger partial charge in [0.1, 0.15) is 5.54 Å². The first-order valence-corrected chi connectivity index (χ1v) is 10.7. The van der Waals surface area contributed by atoms with Crippen LogP contribution in [0.5, 0.6) is 0 Å². The fourth-order valence-corrected chi connectivity index (χ4v) is 4.17. The number of carbonyl (C=O) groups excluding carboxylic acids is 2. The number of hydrogen-bond donors (Lipinski definition) is 2. The molecule has 1 saturated carbocycles. The highest BCUT2D eigenvalue weighted by molar-refractivity contribution is 5.89. The third-order valence-electron chi connectivity index (χ3n) is 6.44. The molecule has 0 aromatic carbocycles. The third-order valence-corrected chi connectivity index (χ3v) is 6.44. The Balaban J connectivity index is 0.00000420. The van der Waals surface area contributed by atoms with Crippen LogP contribution in [0.25, 0.3) is 0 Å². The Labute approximate surface area is 181 Å². The van der Waals surface area contributed by atoms with Crippen molar-refractivity contribution in [1.29, 1.82) is 0 Å². The number of carbonyl (C=O) groups is 2. The average molecular weight is 434 g/mol. The van der Waals surface area contributed by atoms with Gasteiger partial charge >= 0.3 is 0 Å². The summed E-state index contributed by atoms with van der Waals surface area (Å²) >= 11 is 0. The summed E-state index contributed by atoms with van der Waals surface area (Å²) in [7, 11) is 0. The number of hydrogen-bond acceptors (Lipinski definition) is 5. The molecule has 0 aromatic rings. The van der Waals surface area contributed by atoms with E-state index < -0.39 is 5.54 Å². The predicted octanol–water partition coefficient (Wildman–Crippen LogP) is 2.11. The van der Waals surface area contributed by atoms with Gasteiger partial charge < -0.3 is 25.4 Å². The summed E-state index contributed by atoms with van der Waals surface area (Å²) in [6, 6.07) is 0. The maximum absolute atomic E-state index is 13.1. The number of likely N-dealkylation sites (tertiary alicyclic amines) is 1. The van der Waals surface area contributed by atoms with Crippen molar-refractivity contribution in [2.24, 2.45) is 17.1 Å². The molecule has 2 rings (SSSR count). The number of ether oxygens (including phenoxy) is 2. The van der Waals surface area contributed by atoms with Crippen LogP contribution >= 0.6 is 12.4 Å². The first-order chi connectivity index (χ1) is 13.1. The molecule has 170 valence electrons. The molecule has 0 bridgehead atoms. The van der Waals surface area contributed by atoms with Gasteiger partial charge in [0, 0.05) is 50.6 Å². The number of nitrogens with one attached hydrogen (secondary N) is 1. The van der Waals surface area contributed by atoms with Crippen molar-refractivity contribution in [3.8, 4) is 0 Å². The second kappa shape index (κ2) is 10.9. The minimum Gasteiger partial charge on any atom is -0.379 e. The van der Waals surface area contributed by atoms with Crippen LogP contribution < -0.4 is 11.1 Å².